The molecule has 0 fully saturated rings. The number of halogens is 1. The summed E-state index contributed by atoms with van der Waals surface area (Å²) in [6.07, 6.45) is 1.77. The maximum atomic E-state index is 12.8. The van der Waals surface area contributed by atoms with Crippen LogP contribution in [0.5, 0.6) is 11.5 Å². The number of nitrogens with one attached hydrogen (secondary N) is 2. The average molecular weight is 482 g/mol. The van der Waals surface area contributed by atoms with E-state index in [2.05, 4.69) is 41.4 Å². The van der Waals surface area contributed by atoms with Gasteiger partial charge in [0.2, 0.25) is 10.6 Å². The molecule has 8 nitrogen and oxygen atoms in total. The molecule has 1 atom stereocenters. The summed E-state index contributed by atoms with van der Waals surface area (Å²) >= 11 is 3.17. The zero-order valence-electron chi connectivity index (χ0n) is 16.7. The van der Waals surface area contributed by atoms with Crippen molar-refractivity contribution in [3.05, 3.63) is 76.4 Å². The van der Waals surface area contributed by atoms with Crippen LogP contribution < -0.4 is 10.1 Å². The number of fused-ring (bicyclic) bond motifs is 1. The van der Waals surface area contributed by atoms with Crippen LogP contribution in [0, 0.1) is 0 Å². The zero-order chi connectivity index (χ0) is 21.8. The van der Waals surface area contributed by atoms with E-state index in [0.717, 1.165) is 10.9 Å². The van der Waals surface area contributed by atoms with Crippen LogP contribution in [-0.4, -0.2) is 38.3 Å². The molecule has 0 radical (unpaired) electrons. The van der Waals surface area contributed by atoms with Crippen molar-refractivity contribution in [2.75, 3.05) is 7.11 Å². The normalized spacial score (nSPS) is 11.9. The second kappa shape index (κ2) is 9.13. The van der Waals surface area contributed by atoms with E-state index >= 15 is 0 Å². The molecule has 0 bridgehead atoms. The van der Waals surface area contributed by atoms with Gasteiger partial charge in [-0.25, -0.2) is 4.98 Å². The lowest BCUT2D eigenvalue weighted by molar-refractivity contribution is -0.121. The minimum atomic E-state index is -0.376. The summed E-state index contributed by atoms with van der Waals surface area (Å²) in [5.74, 6) is 0.768. The lowest BCUT2D eigenvalue weighted by Crippen LogP contribution is -2.25. The molecule has 4 aromatic rings. The van der Waals surface area contributed by atoms with Crippen molar-refractivity contribution in [1.29, 1.82) is 0 Å². The summed E-state index contributed by atoms with van der Waals surface area (Å²) in [5, 5.41) is 21.3. The third-order valence-corrected chi connectivity index (χ3v) is 5.37. The molecule has 4 rings (SSSR count). The Morgan fingerprint density at radius 3 is 2.74 bits per heavy atom. The minimum Gasteiger partial charge on any atom is -0.505 e. The van der Waals surface area contributed by atoms with Crippen molar-refractivity contribution >= 4 is 32.7 Å². The number of phenols is 1. The number of methoxy groups -OCH3 is 1. The first-order valence-electron chi connectivity index (χ1n) is 9.59. The molecule has 2 aromatic carbocycles. The van der Waals surface area contributed by atoms with Crippen molar-refractivity contribution in [3.8, 4) is 11.5 Å². The predicted octanol–water partition coefficient (Wildman–Crippen LogP) is 3.67. The molecule has 0 saturated heterocycles. The number of benzene rings is 2. The van der Waals surface area contributed by atoms with E-state index in [1.807, 2.05) is 48.5 Å². The number of carbonyl (C=O) groups is 1. The largest absolute Gasteiger partial charge is 0.505 e. The molecule has 0 aliphatic carbocycles. The first-order chi connectivity index (χ1) is 15.0. The van der Waals surface area contributed by atoms with Crippen LogP contribution in [0.1, 0.15) is 29.3 Å². The van der Waals surface area contributed by atoms with Gasteiger partial charge in [-0.3, -0.25) is 14.9 Å². The van der Waals surface area contributed by atoms with Crippen LogP contribution >= 0.6 is 15.9 Å². The zero-order valence-corrected chi connectivity index (χ0v) is 18.3. The highest BCUT2D eigenvalue weighted by Crippen LogP contribution is 2.38. The highest BCUT2D eigenvalue weighted by Gasteiger charge is 2.23. The van der Waals surface area contributed by atoms with Crippen LogP contribution in [0.4, 0.5) is 0 Å². The Morgan fingerprint density at radius 1 is 1.23 bits per heavy atom. The lowest BCUT2D eigenvalue weighted by Gasteiger charge is -2.20. The van der Waals surface area contributed by atoms with E-state index < -0.39 is 0 Å². The number of aromatic nitrogens is 4. The second-order valence-electron chi connectivity index (χ2n) is 6.94. The summed E-state index contributed by atoms with van der Waals surface area (Å²) in [6, 6.07) is 14.9. The highest BCUT2D eigenvalue weighted by atomic mass is 79.9. The van der Waals surface area contributed by atoms with Gasteiger partial charge in [-0.2, -0.15) is 0 Å². The SMILES string of the molecule is COc1ccc(C(CC(=O)NCc2nc(Br)n[nH]2)c2ccc3cccnc3c2O)cc1. The summed E-state index contributed by atoms with van der Waals surface area (Å²) < 4.78 is 5.68. The summed E-state index contributed by atoms with van der Waals surface area (Å²) in [7, 11) is 1.60. The van der Waals surface area contributed by atoms with Gasteiger partial charge in [0.1, 0.15) is 22.8 Å². The fraction of sp³-hybridized carbons (Fsp3) is 0.182. The standard InChI is InChI=1S/C22H20BrN5O3/c1-31-15-7-4-13(5-8-15)17(11-19(29)25-12-18-26-22(23)28-27-18)16-9-6-14-3-2-10-24-20(14)21(16)30/h2-10,17,30H,11-12H2,1H3,(H,25,29)(H,26,27,28). The number of pyridine rings is 1. The van der Waals surface area contributed by atoms with E-state index in [4.69, 9.17) is 4.74 Å². The van der Waals surface area contributed by atoms with Gasteiger partial charge < -0.3 is 15.2 Å². The first kappa shape index (κ1) is 20.8. The highest BCUT2D eigenvalue weighted by molar-refractivity contribution is 9.10. The monoisotopic (exact) mass is 481 g/mol. The number of hydrogen-bond acceptors (Lipinski definition) is 6. The molecular weight excluding hydrogens is 462 g/mol. The number of ether oxygens (including phenoxy) is 1. The number of aromatic hydroxyl groups is 1. The Hall–Kier alpha value is -3.46. The predicted molar refractivity (Wildman–Crippen MR) is 119 cm³/mol. The molecule has 3 N–H and O–H groups in total. The van der Waals surface area contributed by atoms with Gasteiger partial charge in [0.25, 0.3) is 0 Å². The van der Waals surface area contributed by atoms with Gasteiger partial charge in [-0.05, 0) is 39.7 Å². The molecule has 1 amide bonds. The van der Waals surface area contributed by atoms with Crippen molar-refractivity contribution in [2.45, 2.75) is 18.9 Å². The molecule has 1 unspecified atom stereocenters. The Morgan fingerprint density at radius 2 is 2.03 bits per heavy atom. The first-order valence-corrected chi connectivity index (χ1v) is 10.4. The van der Waals surface area contributed by atoms with Crippen molar-refractivity contribution in [2.24, 2.45) is 0 Å². The number of amides is 1. The van der Waals surface area contributed by atoms with E-state index in [0.29, 0.717) is 27.4 Å². The Balaban J connectivity index is 1.64. The molecule has 2 heterocycles. The Bertz CT molecular complexity index is 1210. The maximum Gasteiger partial charge on any atom is 0.221 e. The number of aromatic amines is 1. The number of phenolic OH excluding ortho intramolecular Hbond substituents is 1. The summed E-state index contributed by atoms with van der Waals surface area (Å²) in [4.78, 5) is 21.2. The number of nitrogens with zero attached hydrogens (tertiary/aromatic N) is 3. The smallest absolute Gasteiger partial charge is 0.221 e. The molecule has 2 aromatic heterocycles. The molecule has 0 saturated carbocycles. The third kappa shape index (κ3) is 4.66. The Labute approximate surface area is 186 Å². The molecule has 9 heteroatoms. The van der Waals surface area contributed by atoms with Gasteiger partial charge in [0.15, 0.2) is 0 Å². The van der Waals surface area contributed by atoms with Gasteiger partial charge in [0, 0.05) is 29.5 Å². The number of carbonyl (C=O) groups excluding carboxylic acids is 1. The quantitative estimate of drug-likeness (QED) is 0.371. The lowest BCUT2D eigenvalue weighted by atomic mass is 9.87. The number of hydrogen-bond donors (Lipinski definition) is 3. The van der Waals surface area contributed by atoms with Crippen molar-refractivity contribution < 1.29 is 14.6 Å². The molecule has 0 spiro atoms. The van der Waals surface area contributed by atoms with Gasteiger partial charge in [-0.15, -0.1) is 5.10 Å². The van der Waals surface area contributed by atoms with Crippen LogP contribution in [0.2, 0.25) is 0 Å². The van der Waals surface area contributed by atoms with Gasteiger partial charge in [0.05, 0.1) is 13.7 Å². The Kier molecular flexibility index (Phi) is 6.13. The van der Waals surface area contributed by atoms with Crippen molar-refractivity contribution in [1.82, 2.24) is 25.5 Å². The molecule has 158 valence electrons. The summed E-state index contributed by atoms with van der Waals surface area (Å²) in [6.45, 7) is 0.220. The van der Waals surface area contributed by atoms with Crippen molar-refractivity contribution in [3.63, 3.8) is 0 Å². The fourth-order valence-corrected chi connectivity index (χ4v) is 3.76. The third-order valence-electron chi connectivity index (χ3n) is 5.02. The van der Waals surface area contributed by atoms with E-state index in [1.165, 1.54) is 0 Å². The molecular formula is C22H20BrN5O3. The minimum absolute atomic E-state index is 0.0749. The average Bonchev–Trinajstić information content (AvgIpc) is 3.22. The topological polar surface area (TPSA) is 113 Å². The molecule has 31 heavy (non-hydrogen) atoms. The van der Waals surface area contributed by atoms with Crippen LogP contribution in [0.3, 0.4) is 0 Å². The molecule has 0 aliphatic rings. The van der Waals surface area contributed by atoms with Gasteiger partial charge >= 0.3 is 0 Å². The maximum absolute atomic E-state index is 12.8. The van der Waals surface area contributed by atoms with E-state index in [-0.39, 0.29) is 30.5 Å². The second-order valence-corrected chi connectivity index (χ2v) is 7.65. The number of H-pyrrole nitrogens is 1. The fourth-order valence-electron chi connectivity index (χ4n) is 3.46. The van der Waals surface area contributed by atoms with Crippen LogP contribution in [0.25, 0.3) is 10.9 Å². The van der Waals surface area contributed by atoms with E-state index in [9.17, 15) is 9.90 Å². The molecule has 0 aliphatic heterocycles. The van der Waals surface area contributed by atoms with Crippen LogP contribution in [-0.2, 0) is 11.3 Å². The van der Waals surface area contributed by atoms with Gasteiger partial charge in [-0.1, -0.05) is 30.3 Å². The van der Waals surface area contributed by atoms with E-state index in [1.54, 1.807) is 13.3 Å². The van der Waals surface area contributed by atoms with Crippen LogP contribution in [0.15, 0.2) is 59.5 Å². The summed E-state index contributed by atoms with van der Waals surface area (Å²) in [5.41, 5.74) is 2.02. The number of rotatable bonds is 7.